The molecule has 0 rings (SSSR count). The second-order valence-electron chi connectivity index (χ2n) is 2.37. The SMILES string of the molecule is CCNC(=O)C(C)C(=O)OCC. The van der Waals surface area contributed by atoms with Crippen LogP contribution in [-0.2, 0) is 14.3 Å². The average molecular weight is 173 g/mol. The second-order valence-corrected chi connectivity index (χ2v) is 2.37. The van der Waals surface area contributed by atoms with Crippen molar-refractivity contribution in [3.8, 4) is 0 Å². The highest BCUT2D eigenvalue weighted by molar-refractivity contribution is 5.97. The predicted molar refractivity (Wildman–Crippen MR) is 44.5 cm³/mol. The molecule has 0 saturated heterocycles. The third kappa shape index (κ3) is 3.37. The van der Waals surface area contributed by atoms with Gasteiger partial charge in [0.15, 0.2) is 0 Å². The Balaban J connectivity index is 3.91. The molecule has 70 valence electrons. The fourth-order valence-electron chi connectivity index (χ4n) is 0.702. The molecule has 0 fully saturated rings. The monoisotopic (exact) mass is 173 g/mol. The Morgan fingerprint density at radius 2 is 2.00 bits per heavy atom. The van der Waals surface area contributed by atoms with E-state index in [0.29, 0.717) is 13.2 Å². The summed E-state index contributed by atoms with van der Waals surface area (Å²) < 4.78 is 4.67. The molecule has 1 unspecified atom stereocenters. The Hall–Kier alpha value is -1.06. The minimum Gasteiger partial charge on any atom is -0.465 e. The predicted octanol–water partition coefficient (Wildman–Crippen LogP) is 0.322. The van der Waals surface area contributed by atoms with Gasteiger partial charge in [-0.2, -0.15) is 0 Å². The molecule has 12 heavy (non-hydrogen) atoms. The highest BCUT2D eigenvalue weighted by atomic mass is 16.5. The van der Waals surface area contributed by atoms with Gasteiger partial charge in [0.05, 0.1) is 6.61 Å². The van der Waals surface area contributed by atoms with E-state index in [0.717, 1.165) is 0 Å². The molecule has 0 aromatic rings. The molecule has 0 spiro atoms. The molecule has 0 aromatic carbocycles. The maximum atomic E-state index is 11.0. The standard InChI is InChI=1S/C8H15NO3/c1-4-9-7(10)6(3)8(11)12-5-2/h6H,4-5H2,1-3H3,(H,9,10). The van der Waals surface area contributed by atoms with Gasteiger partial charge in [0.1, 0.15) is 5.92 Å². The minimum atomic E-state index is -0.704. The summed E-state index contributed by atoms with van der Waals surface area (Å²) in [5, 5.41) is 2.54. The maximum Gasteiger partial charge on any atom is 0.318 e. The first-order chi connectivity index (χ1) is 5.63. The highest BCUT2D eigenvalue weighted by Crippen LogP contribution is 1.97. The number of hydrogen-bond donors (Lipinski definition) is 1. The molecule has 0 aliphatic carbocycles. The summed E-state index contributed by atoms with van der Waals surface area (Å²) in [6.45, 7) is 5.88. The molecule has 0 radical (unpaired) electrons. The van der Waals surface area contributed by atoms with Crippen molar-refractivity contribution in [3.63, 3.8) is 0 Å². The molecule has 0 heterocycles. The van der Waals surface area contributed by atoms with E-state index >= 15 is 0 Å². The van der Waals surface area contributed by atoms with E-state index in [1.165, 1.54) is 6.92 Å². The number of carbonyl (C=O) groups excluding carboxylic acids is 2. The summed E-state index contributed by atoms with van der Waals surface area (Å²) >= 11 is 0. The molecule has 0 bridgehead atoms. The van der Waals surface area contributed by atoms with Crippen LogP contribution < -0.4 is 5.32 Å². The van der Waals surface area contributed by atoms with Crippen LogP contribution in [0.5, 0.6) is 0 Å². The molecule has 1 atom stereocenters. The van der Waals surface area contributed by atoms with Gasteiger partial charge in [-0.3, -0.25) is 9.59 Å². The van der Waals surface area contributed by atoms with Crippen LogP contribution in [0.3, 0.4) is 0 Å². The Morgan fingerprint density at radius 1 is 1.42 bits per heavy atom. The molecular weight excluding hydrogens is 158 g/mol. The summed E-state index contributed by atoms with van der Waals surface area (Å²) in [7, 11) is 0. The normalized spacial score (nSPS) is 11.9. The van der Waals surface area contributed by atoms with Gasteiger partial charge in [-0.25, -0.2) is 0 Å². The van der Waals surface area contributed by atoms with Gasteiger partial charge < -0.3 is 10.1 Å². The fraction of sp³-hybridized carbons (Fsp3) is 0.750. The van der Waals surface area contributed by atoms with Gasteiger partial charge in [0, 0.05) is 6.54 Å². The Morgan fingerprint density at radius 3 is 2.42 bits per heavy atom. The van der Waals surface area contributed by atoms with Crippen molar-refractivity contribution in [2.45, 2.75) is 20.8 Å². The number of carbonyl (C=O) groups is 2. The van der Waals surface area contributed by atoms with E-state index in [4.69, 9.17) is 0 Å². The van der Waals surface area contributed by atoms with Gasteiger partial charge in [0.2, 0.25) is 5.91 Å². The first kappa shape index (κ1) is 10.9. The van der Waals surface area contributed by atoms with Crippen LogP contribution >= 0.6 is 0 Å². The number of rotatable bonds is 4. The Bertz CT molecular complexity index is 150. The molecule has 0 aliphatic rings. The van der Waals surface area contributed by atoms with Crippen molar-refractivity contribution in [2.24, 2.45) is 5.92 Å². The van der Waals surface area contributed by atoms with Gasteiger partial charge >= 0.3 is 5.97 Å². The zero-order valence-electron chi connectivity index (χ0n) is 7.72. The average Bonchev–Trinajstić information content (AvgIpc) is 2.04. The molecule has 1 amide bonds. The number of amides is 1. The van der Waals surface area contributed by atoms with E-state index < -0.39 is 11.9 Å². The van der Waals surface area contributed by atoms with E-state index in [1.807, 2.05) is 0 Å². The lowest BCUT2D eigenvalue weighted by atomic mass is 10.2. The van der Waals surface area contributed by atoms with Crippen LogP contribution in [-0.4, -0.2) is 25.0 Å². The molecular formula is C8H15NO3. The lowest BCUT2D eigenvalue weighted by Gasteiger charge is -2.09. The number of esters is 1. The highest BCUT2D eigenvalue weighted by Gasteiger charge is 2.21. The van der Waals surface area contributed by atoms with Crippen LogP contribution in [0.4, 0.5) is 0 Å². The van der Waals surface area contributed by atoms with E-state index in [2.05, 4.69) is 10.1 Å². The molecule has 4 nitrogen and oxygen atoms in total. The van der Waals surface area contributed by atoms with Crippen molar-refractivity contribution in [2.75, 3.05) is 13.2 Å². The zero-order chi connectivity index (χ0) is 9.56. The van der Waals surface area contributed by atoms with Crippen LogP contribution in [0.15, 0.2) is 0 Å². The number of nitrogens with one attached hydrogen (secondary N) is 1. The van der Waals surface area contributed by atoms with Crippen LogP contribution in [0.1, 0.15) is 20.8 Å². The lowest BCUT2D eigenvalue weighted by molar-refractivity contribution is -0.151. The fourth-order valence-corrected chi connectivity index (χ4v) is 0.702. The molecule has 0 aromatic heterocycles. The largest absolute Gasteiger partial charge is 0.465 e. The summed E-state index contributed by atoms with van der Waals surface area (Å²) in [4.78, 5) is 22.0. The van der Waals surface area contributed by atoms with E-state index in [-0.39, 0.29) is 5.91 Å². The van der Waals surface area contributed by atoms with Crippen molar-refractivity contribution < 1.29 is 14.3 Å². The van der Waals surface area contributed by atoms with E-state index in [1.54, 1.807) is 13.8 Å². The van der Waals surface area contributed by atoms with E-state index in [9.17, 15) is 9.59 Å². The second kappa shape index (κ2) is 5.57. The summed E-state index contributed by atoms with van der Waals surface area (Å²) in [6, 6.07) is 0. The van der Waals surface area contributed by atoms with Crippen molar-refractivity contribution >= 4 is 11.9 Å². The van der Waals surface area contributed by atoms with Crippen molar-refractivity contribution in [1.82, 2.24) is 5.32 Å². The van der Waals surface area contributed by atoms with Gasteiger partial charge in [0.25, 0.3) is 0 Å². The topological polar surface area (TPSA) is 55.4 Å². The molecule has 4 heteroatoms. The third-order valence-corrected chi connectivity index (χ3v) is 1.38. The minimum absolute atomic E-state index is 0.282. The molecule has 1 N–H and O–H groups in total. The first-order valence-electron chi connectivity index (χ1n) is 4.07. The zero-order valence-corrected chi connectivity index (χ0v) is 7.72. The smallest absolute Gasteiger partial charge is 0.318 e. The summed E-state index contributed by atoms with van der Waals surface area (Å²) in [5.74, 6) is -1.45. The van der Waals surface area contributed by atoms with Gasteiger partial charge in [-0.15, -0.1) is 0 Å². The van der Waals surface area contributed by atoms with Crippen molar-refractivity contribution in [1.29, 1.82) is 0 Å². The number of ether oxygens (including phenoxy) is 1. The van der Waals surface area contributed by atoms with Crippen LogP contribution in [0.25, 0.3) is 0 Å². The Kier molecular flexibility index (Phi) is 5.08. The van der Waals surface area contributed by atoms with Crippen molar-refractivity contribution in [3.05, 3.63) is 0 Å². The lowest BCUT2D eigenvalue weighted by Crippen LogP contribution is -2.34. The third-order valence-electron chi connectivity index (χ3n) is 1.38. The summed E-state index contributed by atoms with van der Waals surface area (Å²) in [6.07, 6.45) is 0. The van der Waals surface area contributed by atoms with Crippen LogP contribution in [0.2, 0.25) is 0 Å². The number of hydrogen-bond acceptors (Lipinski definition) is 3. The Labute approximate surface area is 72.3 Å². The van der Waals surface area contributed by atoms with Gasteiger partial charge in [-0.1, -0.05) is 0 Å². The maximum absolute atomic E-state index is 11.0. The first-order valence-corrected chi connectivity index (χ1v) is 4.07. The van der Waals surface area contributed by atoms with Gasteiger partial charge in [-0.05, 0) is 20.8 Å². The summed E-state index contributed by atoms with van der Waals surface area (Å²) in [5.41, 5.74) is 0. The van der Waals surface area contributed by atoms with Crippen LogP contribution in [0, 0.1) is 5.92 Å². The quantitative estimate of drug-likeness (QED) is 0.492. The molecule has 0 saturated carbocycles. The molecule has 0 aliphatic heterocycles.